The van der Waals surface area contributed by atoms with Crippen LogP contribution in [0.3, 0.4) is 0 Å². The number of hydrogen-bond acceptors (Lipinski definition) is 3. The molecule has 2 atom stereocenters. The number of imidazole rings is 1. The van der Waals surface area contributed by atoms with E-state index in [1.165, 1.54) is 0 Å². The van der Waals surface area contributed by atoms with Gasteiger partial charge in [0, 0.05) is 25.5 Å². The van der Waals surface area contributed by atoms with E-state index in [0.29, 0.717) is 24.6 Å². The maximum Gasteiger partial charge on any atom is 0.203 e. The molecule has 0 fully saturated rings. The Morgan fingerprint density at radius 1 is 1.41 bits per heavy atom. The minimum atomic E-state index is 0.301. The highest BCUT2D eigenvalue weighted by Crippen LogP contribution is 2.17. The first-order valence-corrected chi connectivity index (χ1v) is 6.38. The van der Waals surface area contributed by atoms with Crippen molar-refractivity contribution in [2.45, 2.75) is 46.2 Å². The molecule has 0 aliphatic carbocycles. The zero-order valence-corrected chi connectivity index (χ0v) is 11.6. The maximum atomic E-state index is 5.18. The van der Waals surface area contributed by atoms with E-state index >= 15 is 0 Å². The van der Waals surface area contributed by atoms with Crippen LogP contribution in [0.15, 0.2) is 12.4 Å². The molecular formula is C13H25N3O. The van der Waals surface area contributed by atoms with Crippen LogP contribution in [0, 0.1) is 5.92 Å². The first-order chi connectivity index (χ1) is 8.10. The quantitative estimate of drug-likeness (QED) is 0.795. The molecule has 0 saturated heterocycles. The van der Waals surface area contributed by atoms with Gasteiger partial charge in [-0.25, -0.2) is 4.98 Å². The third-order valence-corrected chi connectivity index (χ3v) is 3.11. The highest BCUT2D eigenvalue weighted by atomic mass is 16.5. The van der Waals surface area contributed by atoms with Crippen molar-refractivity contribution in [2.75, 3.05) is 19.0 Å². The van der Waals surface area contributed by atoms with Gasteiger partial charge in [-0.1, -0.05) is 20.8 Å². The van der Waals surface area contributed by atoms with Crippen LogP contribution >= 0.6 is 0 Å². The Labute approximate surface area is 104 Å². The Morgan fingerprint density at radius 2 is 2.12 bits per heavy atom. The van der Waals surface area contributed by atoms with Crippen molar-refractivity contribution in [2.24, 2.45) is 5.92 Å². The van der Waals surface area contributed by atoms with E-state index in [1.54, 1.807) is 7.11 Å². The molecule has 1 heterocycles. The van der Waals surface area contributed by atoms with Gasteiger partial charge >= 0.3 is 0 Å². The van der Waals surface area contributed by atoms with Crippen molar-refractivity contribution in [1.29, 1.82) is 0 Å². The molecule has 0 aliphatic heterocycles. The predicted molar refractivity (Wildman–Crippen MR) is 71.4 cm³/mol. The molecule has 0 radical (unpaired) electrons. The van der Waals surface area contributed by atoms with E-state index in [0.717, 1.165) is 12.4 Å². The van der Waals surface area contributed by atoms with E-state index in [2.05, 4.69) is 42.6 Å². The van der Waals surface area contributed by atoms with Gasteiger partial charge in [-0.2, -0.15) is 0 Å². The molecule has 4 heteroatoms. The van der Waals surface area contributed by atoms with Crippen LogP contribution in [0.5, 0.6) is 0 Å². The lowest BCUT2D eigenvalue weighted by molar-refractivity contribution is 0.163. The lowest BCUT2D eigenvalue weighted by Crippen LogP contribution is -2.27. The summed E-state index contributed by atoms with van der Waals surface area (Å²) in [5, 5.41) is 3.51. The zero-order chi connectivity index (χ0) is 12.8. The summed E-state index contributed by atoms with van der Waals surface area (Å²) < 4.78 is 7.32. The van der Waals surface area contributed by atoms with E-state index in [4.69, 9.17) is 4.74 Å². The van der Waals surface area contributed by atoms with Crippen molar-refractivity contribution >= 4 is 5.95 Å². The Kier molecular flexibility index (Phi) is 5.48. The van der Waals surface area contributed by atoms with Gasteiger partial charge in [0.25, 0.3) is 0 Å². The first-order valence-electron chi connectivity index (χ1n) is 6.38. The average molecular weight is 239 g/mol. The molecule has 0 spiro atoms. The normalized spacial score (nSPS) is 14.9. The van der Waals surface area contributed by atoms with Crippen molar-refractivity contribution in [1.82, 2.24) is 9.55 Å². The Bertz CT molecular complexity index is 322. The summed E-state index contributed by atoms with van der Waals surface area (Å²) in [6.45, 7) is 9.49. The van der Waals surface area contributed by atoms with Gasteiger partial charge in [-0.05, 0) is 19.3 Å². The number of ether oxygens (including phenoxy) is 1. The van der Waals surface area contributed by atoms with Gasteiger partial charge in [-0.3, -0.25) is 0 Å². The van der Waals surface area contributed by atoms with Crippen molar-refractivity contribution in [3.63, 3.8) is 0 Å². The van der Waals surface area contributed by atoms with E-state index in [9.17, 15) is 0 Å². The summed E-state index contributed by atoms with van der Waals surface area (Å²) in [6, 6.07) is 0.764. The fraction of sp³-hybridized carbons (Fsp3) is 0.769. The first kappa shape index (κ1) is 14.0. The van der Waals surface area contributed by atoms with Crippen molar-refractivity contribution in [3.05, 3.63) is 12.4 Å². The predicted octanol–water partition coefficient (Wildman–Crippen LogP) is 2.94. The SMILES string of the molecule is CCC(Nc1nccn1C(C)COC)C(C)C. The number of methoxy groups -OCH3 is 1. The molecule has 0 aliphatic rings. The summed E-state index contributed by atoms with van der Waals surface area (Å²) in [5.74, 6) is 1.54. The molecule has 0 saturated carbocycles. The minimum absolute atomic E-state index is 0.301. The summed E-state index contributed by atoms with van der Waals surface area (Å²) in [4.78, 5) is 4.39. The summed E-state index contributed by atoms with van der Waals surface area (Å²) in [6.07, 6.45) is 4.93. The molecule has 1 N–H and O–H groups in total. The van der Waals surface area contributed by atoms with E-state index in [1.807, 2.05) is 12.4 Å². The van der Waals surface area contributed by atoms with Crippen LogP contribution in [-0.4, -0.2) is 29.3 Å². The lowest BCUT2D eigenvalue weighted by Gasteiger charge is -2.23. The van der Waals surface area contributed by atoms with Crippen molar-refractivity contribution in [3.8, 4) is 0 Å². The largest absolute Gasteiger partial charge is 0.383 e. The summed E-state index contributed by atoms with van der Waals surface area (Å²) in [5.41, 5.74) is 0. The smallest absolute Gasteiger partial charge is 0.203 e. The number of aromatic nitrogens is 2. The molecule has 0 bridgehead atoms. The topological polar surface area (TPSA) is 39.1 Å². The molecule has 0 aromatic carbocycles. The van der Waals surface area contributed by atoms with Crippen LogP contribution in [0.4, 0.5) is 5.95 Å². The maximum absolute atomic E-state index is 5.18. The second-order valence-corrected chi connectivity index (χ2v) is 4.87. The van der Waals surface area contributed by atoms with Crippen molar-refractivity contribution < 1.29 is 4.74 Å². The molecule has 17 heavy (non-hydrogen) atoms. The van der Waals surface area contributed by atoms with Crippen LogP contribution in [0.1, 0.15) is 40.2 Å². The summed E-state index contributed by atoms with van der Waals surface area (Å²) >= 11 is 0. The molecule has 1 aromatic rings. The standard InChI is InChI=1S/C13H25N3O/c1-6-12(10(2)3)15-13-14-7-8-16(13)11(4)9-17-5/h7-8,10-12H,6,9H2,1-5H3,(H,14,15). The van der Waals surface area contributed by atoms with Crippen LogP contribution in [-0.2, 0) is 4.74 Å². The van der Waals surface area contributed by atoms with Gasteiger partial charge in [-0.15, -0.1) is 0 Å². The second-order valence-electron chi connectivity index (χ2n) is 4.87. The molecule has 0 amide bonds. The number of rotatable bonds is 7. The average Bonchev–Trinajstić information content (AvgIpc) is 2.73. The molecule has 4 nitrogen and oxygen atoms in total. The van der Waals surface area contributed by atoms with Crippen LogP contribution < -0.4 is 5.32 Å². The highest BCUT2D eigenvalue weighted by Gasteiger charge is 2.15. The molecule has 1 aromatic heterocycles. The van der Waals surface area contributed by atoms with E-state index < -0.39 is 0 Å². The fourth-order valence-electron chi connectivity index (χ4n) is 2.01. The number of nitrogens with zero attached hydrogens (tertiary/aromatic N) is 2. The summed E-state index contributed by atoms with van der Waals surface area (Å²) in [7, 11) is 1.73. The third-order valence-electron chi connectivity index (χ3n) is 3.11. The molecule has 98 valence electrons. The molecule has 2 unspecified atom stereocenters. The minimum Gasteiger partial charge on any atom is -0.383 e. The third kappa shape index (κ3) is 3.73. The van der Waals surface area contributed by atoms with Gasteiger partial charge < -0.3 is 14.6 Å². The zero-order valence-electron chi connectivity index (χ0n) is 11.6. The number of hydrogen-bond donors (Lipinski definition) is 1. The fourth-order valence-corrected chi connectivity index (χ4v) is 2.01. The highest BCUT2D eigenvalue weighted by molar-refractivity contribution is 5.28. The Morgan fingerprint density at radius 3 is 2.65 bits per heavy atom. The molecule has 1 rings (SSSR count). The Hall–Kier alpha value is -1.03. The van der Waals surface area contributed by atoms with E-state index in [-0.39, 0.29) is 0 Å². The van der Waals surface area contributed by atoms with Crippen LogP contribution in [0.25, 0.3) is 0 Å². The van der Waals surface area contributed by atoms with Gasteiger partial charge in [0.05, 0.1) is 12.6 Å². The van der Waals surface area contributed by atoms with Gasteiger partial charge in [0.1, 0.15) is 0 Å². The Balaban J connectivity index is 2.74. The monoisotopic (exact) mass is 239 g/mol. The van der Waals surface area contributed by atoms with Gasteiger partial charge in [0.15, 0.2) is 0 Å². The van der Waals surface area contributed by atoms with Crippen LogP contribution in [0.2, 0.25) is 0 Å². The second kappa shape index (κ2) is 6.64. The lowest BCUT2D eigenvalue weighted by atomic mass is 10.0. The number of anilines is 1. The number of nitrogens with one attached hydrogen (secondary N) is 1. The molecular weight excluding hydrogens is 214 g/mol. The van der Waals surface area contributed by atoms with Gasteiger partial charge in [0.2, 0.25) is 5.95 Å².